The molecule has 5 N–H and O–H groups in total. The third-order valence-electron chi connectivity index (χ3n) is 10.6. The average Bonchev–Trinajstić information content (AvgIpc) is 3.15. The number of rotatable bonds is 39. The highest BCUT2D eigenvalue weighted by Crippen LogP contribution is 2.14. The van der Waals surface area contributed by atoms with E-state index in [1.54, 1.807) is 0 Å². The summed E-state index contributed by atoms with van der Waals surface area (Å²) in [5, 5.41) is 20.7. The molecule has 0 aromatic heterocycles. The fourth-order valence-corrected chi connectivity index (χ4v) is 7.14. The van der Waals surface area contributed by atoms with E-state index in [-0.39, 0.29) is 24.9 Å². The Kier molecular flexibility index (Phi) is 34.7. The number of carbonyl (C=O) groups is 2. The second kappa shape index (κ2) is 37.4. The molecule has 0 bridgehead atoms. The number of amides is 2. The van der Waals surface area contributed by atoms with Gasteiger partial charge in [0.05, 0.1) is 13.1 Å². The van der Waals surface area contributed by atoms with E-state index < -0.39 is 0 Å². The third-order valence-corrected chi connectivity index (χ3v) is 10.6. The molecular weight excluding hydrogens is 647 g/mol. The smallest absolute Gasteiger partial charge is 0.241 e. The van der Waals surface area contributed by atoms with E-state index in [2.05, 4.69) is 40.0 Å². The van der Waals surface area contributed by atoms with Crippen molar-refractivity contribution >= 4 is 17.8 Å². The highest BCUT2D eigenvalue weighted by atomic mass is 16.2. The maximum Gasteiger partial charge on any atom is 0.241 e. The van der Waals surface area contributed by atoms with Crippen molar-refractivity contribution in [2.45, 2.75) is 194 Å². The van der Waals surface area contributed by atoms with E-state index in [0.717, 1.165) is 90.9 Å². The third kappa shape index (κ3) is 30.6. The Hall–Kier alpha value is -1.87. The van der Waals surface area contributed by atoms with Crippen LogP contribution in [0.25, 0.3) is 0 Å². The molecule has 1 fully saturated rings. The number of unbranched alkanes of at least 4 members (excludes halogenated alkanes) is 23. The largest absolute Gasteiger partial charge is 0.356 e. The molecule has 0 unspecified atom stereocenters. The van der Waals surface area contributed by atoms with Crippen LogP contribution in [0.2, 0.25) is 0 Å². The molecule has 2 amide bonds. The van der Waals surface area contributed by atoms with Gasteiger partial charge in [0, 0.05) is 32.7 Å². The lowest BCUT2D eigenvalue weighted by Crippen LogP contribution is -2.47. The summed E-state index contributed by atoms with van der Waals surface area (Å²) in [6.45, 7) is 12.1. The number of nitrogens with one attached hydrogen (secondary N) is 5. The summed E-state index contributed by atoms with van der Waals surface area (Å²) in [7, 11) is 0. The standard InChI is InChI=1S/C43H87N7O2/c1-3-5-7-9-11-13-15-17-19-21-23-26-35-49(36-27-24-22-20-18-16-14-12-10-8-6-4-2)42(52)40-48-41(51)39-46-33-29-32-45-31-25-28-37-50-38-30-34-47-43(50)44/h45-46H,3-40H2,1-2H3,(H2,44,47)(H,48,51). The van der Waals surface area contributed by atoms with Gasteiger partial charge < -0.3 is 31.1 Å². The highest BCUT2D eigenvalue weighted by molar-refractivity contribution is 5.85. The van der Waals surface area contributed by atoms with Gasteiger partial charge in [-0.25, -0.2) is 0 Å². The fraction of sp³-hybridized carbons (Fsp3) is 0.930. The van der Waals surface area contributed by atoms with Gasteiger partial charge in [-0.1, -0.05) is 155 Å². The average molecular weight is 734 g/mol. The van der Waals surface area contributed by atoms with Crippen LogP contribution in [0.5, 0.6) is 0 Å². The summed E-state index contributed by atoms with van der Waals surface area (Å²) in [4.78, 5) is 29.9. The molecule has 306 valence electrons. The molecule has 1 aliphatic heterocycles. The van der Waals surface area contributed by atoms with Gasteiger partial charge in [0.2, 0.25) is 11.8 Å². The van der Waals surface area contributed by atoms with Gasteiger partial charge >= 0.3 is 0 Å². The van der Waals surface area contributed by atoms with Crippen LogP contribution >= 0.6 is 0 Å². The first kappa shape index (κ1) is 48.1. The minimum absolute atomic E-state index is 0.0667. The summed E-state index contributed by atoms with van der Waals surface area (Å²) >= 11 is 0. The van der Waals surface area contributed by atoms with Gasteiger partial charge in [0.1, 0.15) is 0 Å². The summed E-state index contributed by atoms with van der Waals surface area (Å²) in [6.07, 6.45) is 35.9. The molecule has 52 heavy (non-hydrogen) atoms. The molecule has 0 atom stereocenters. The molecule has 0 aromatic rings. The lowest BCUT2D eigenvalue weighted by atomic mass is 10.0. The Morgan fingerprint density at radius 3 is 1.56 bits per heavy atom. The Balaban J connectivity index is 2.19. The van der Waals surface area contributed by atoms with Crippen molar-refractivity contribution in [3.63, 3.8) is 0 Å². The van der Waals surface area contributed by atoms with Crippen LogP contribution in [0.3, 0.4) is 0 Å². The van der Waals surface area contributed by atoms with Crippen LogP contribution in [0.15, 0.2) is 0 Å². The molecule has 0 saturated carbocycles. The van der Waals surface area contributed by atoms with E-state index >= 15 is 0 Å². The van der Waals surface area contributed by atoms with Crippen LogP contribution in [-0.2, 0) is 9.59 Å². The topological polar surface area (TPSA) is 113 Å². The second-order valence-electron chi connectivity index (χ2n) is 15.5. The van der Waals surface area contributed by atoms with Crippen molar-refractivity contribution in [2.24, 2.45) is 0 Å². The van der Waals surface area contributed by atoms with Gasteiger partial charge in [-0.2, -0.15) is 0 Å². The number of carbonyl (C=O) groups excluding carboxylic acids is 2. The van der Waals surface area contributed by atoms with Crippen LogP contribution in [0.1, 0.15) is 194 Å². The van der Waals surface area contributed by atoms with Crippen LogP contribution < -0.4 is 21.3 Å². The quantitative estimate of drug-likeness (QED) is 0.0404. The van der Waals surface area contributed by atoms with Crippen molar-refractivity contribution in [2.75, 3.05) is 65.4 Å². The van der Waals surface area contributed by atoms with Crippen molar-refractivity contribution < 1.29 is 9.59 Å². The lowest BCUT2D eigenvalue weighted by molar-refractivity contribution is -0.132. The number of hydrogen-bond donors (Lipinski definition) is 5. The first-order valence-electron chi connectivity index (χ1n) is 22.6. The Bertz CT molecular complexity index is 799. The Labute approximate surface area is 322 Å². The Morgan fingerprint density at radius 1 is 0.596 bits per heavy atom. The van der Waals surface area contributed by atoms with Crippen molar-refractivity contribution in [1.82, 2.24) is 31.1 Å². The highest BCUT2D eigenvalue weighted by Gasteiger charge is 2.15. The number of guanidine groups is 1. The molecule has 0 aliphatic carbocycles. The molecular formula is C43H87N7O2. The van der Waals surface area contributed by atoms with Crippen molar-refractivity contribution in [3.8, 4) is 0 Å². The Morgan fingerprint density at radius 2 is 1.06 bits per heavy atom. The molecule has 0 radical (unpaired) electrons. The first-order chi connectivity index (χ1) is 25.6. The maximum absolute atomic E-state index is 13.2. The maximum atomic E-state index is 13.2. The zero-order valence-electron chi connectivity index (χ0n) is 34.6. The van der Waals surface area contributed by atoms with Gasteiger partial charge in [-0.15, -0.1) is 0 Å². The van der Waals surface area contributed by atoms with Crippen LogP contribution in [0, 0.1) is 5.41 Å². The van der Waals surface area contributed by atoms with Gasteiger partial charge in [0.25, 0.3) is 0 Å². The monoisotopic (exact) mass is 734 g/mol. The zero-order chi connectivity index (χ0) is 37.6. The molecule has 9 heteroatoms. The molecule has 1 saturated heterocycles. The molecule has 0 spiro atoms. The van der Waals surface area contributed by atoms with Crippen LogP contribution in [-0.4, -0.2) is 93.0 Å². The number of hydrogen-bond acceptors (Lipinski definition) is 5. The van der Waals surface area contributed by atoms with Gasteiger partial charge in [-0.05, 0) is 58.2 Å². The molecule has 0 aromatic carbocycles. The molecule has 1 rings (SSSR count). The fourth-order valence-electron chi connectivity index (χ4n) is 7.14. The number of nitrogens with zero attached hydrogens (tertiary/aromatic N) is 2. The van der Waals surface area contributed by atoms with Crippen molar-refractivity contribution in [1.29, 1.82) is 5.41 Å². The molecule has 9 nitrogen and oxygen atoms in total. The molecule has 1 aliphatic rings. The SMILES string of the molecule is CCCCCCCCCCCCCCN(CCCCCCCCCCCCCC)C(=O)CNC(=O)CNCCCNCCCCN1CCCNC1=N. The van der Waals surface area contributed by atoms with Crippen molar-refractivity contribution in [3.05, 3.63) is 0 Å². The zero-order valence-corrected chi connectivity index (χ0v) is 34.6. The first-order valence-corrected chi connectivity index (χ1v) is 22.6. The van der Waals surface area contributed by atoms with Gasteiger partial charge in [-0.3, -0.25) is 15.0 Å². The minimum atomic E-state index is -0.102. The van der Waals surface area contributed by atoms with Crippen LogP contribution in [0.4, 0.5) is 0 Å². The summed E-state index contributed by atoms with van der Waals surface area (Å²) in [6, 6.07) is 0. The van der Waals surface area contributed by atoms with E-state index in [4.69, 9.17) is 5.41 Å². The second-order valence-corrected chi connectivity index (χ2v) is 15.5. The lowest BCUT2D eigenvalue weighted by Gasteiger charge is -2.30. The summed E-state index contributed by atoms with van der Waals surface area (Å²) < 4.78 is 0. The van der Waals surface area contributed by atoms with E-state index in [9.17, 15) is 9.59 Å². The molecule has 1 heterocycles. The normalized spacial score (nSPS) is 13.0. The predicted octanol–water partition coefficient (Wildman–Crippen LogP) is 8.91. The van der Waals surface area contributed by atoms with E-state index in [1.807, 2.05) is 4.90 Å². The predicted molar refractivity (Wildman–Crippen MR) is 223 cm³/mol. The van der Waals surface area contributed by atoms with E-state index in [0.29, 0.717) is 5.96 Å². The minimum Gasteiger partial charge on any atom is -0.356 e. The summed E-state index contributed by atoms with van der Waals surface area (Å²) in [5.74, 6) is 0.535. The van der Waals surface area contributed by atoms with E-state index in [1.165, 1.54) is 141 Å². The van der Waals surface area contributed by atoms with Gasteiger partial charge in [0.15, 0.2) is 5.96 Å². The summed E-state index contributed by atoms with van der Waals surface area (Å²) in [5.41, 5.74) is 0.